The first kappa shape index (κ1) is 12.7. The molecule has 2 unspecified atom stereocenters. The van der Waals surface area contributed by atoms with E-state index in [0.717, 1.165) is 12.8 Å². The Labute approximate surface area is 114 Å². The van der Waals surface area contributed by atoms with Crippen molar-refractivity contribution in [3.63, 3.8) is 0 Å². The van der Waals surface area contributed by atoms with Crippen LogP contribution in [-0.2, 0) is 4.79 Å². The summed E-state index contributed by atoms with van der Waals surface area (Å²) in [7, 11) is 0. The summed E-state index contributed by atoms with van der Waals surface area (Å²) in [4.78, 5) is 14.4. The minimum Gasteiger partial charge on any atom is -0.331 e. The van der Waals surface area contributed by atoms with Crippen molar-refractivity contribution in [2.75, 3.05) is 0 Å². The molecule has 102 valence electrons. The molecule has 1 aromatic carbocycles. The van der Waals surface area contributed by atoms with Gasteiger partial charge in [-0.1, -0.05) is 49.6 Å². The lowest BCUT2D eigenvalue weighted by atomic mass is 9.92. The maximum absolute atomic E-state index is 12.3. The summed E-state index contributed by atoms with van der Waals surface area (Å²) in [6.45, 7) is 0. The van der Waals surface area contributed by atoms with Gasteiger partial charge in [-0.2, -0.15) is 0 Å². The molecule has 1 amide bonds. The SMILES string of the molecule is NC1CC(=O)N(C2CCCCC2)C1c1ccccc1. The molecule has 1 aliphatic heterocycles. The van der Waals surface area contributed by atoms with E-state index < -0.39 is 0 Å². The first-order valence-corrected chi connectivity index (χ1v) is 7.39. The van der Waals surface area contributed by atoms with Crippen molar-refractivity contribution in [2.24, 2.45) is 5.73 Å². The molecule has 3 heteroatoms. The van der Waals surface area contributed by atoms with E-state index >= 15 is 0 Å². The molecule has 1 aliphatic carbocycles. The van der Waals surface area contributed by atoms with Crippen LogP contribution in [0.5, 0.6) is 0 Å². The van der Waals surface area contributed by atoms with E-state index in [1.54, 1.807) is 0 Å². The Balaban J connectivity index is 1.88. The summed E-state index contributed by atoms with van der Waals surface area (Å²) in [5.74, 6) is 0.244. The van der Waals surface area contributed by atoms with E-state index in [9.17, 15) is 4.79 Å². The summed E-state index contributed by atoms with van der Waals surface area (Å²) < 4.78 is 0. The van der Waals surface area contributed by atoms with Crippen molar-refractivity contribution in [1.29, 1.82) is 0 Å². The van der Waals surface area contributed by atoms with Crippen LogP contribution in [0.2, 0.25) is 0 Å². The van der Waals surface area contributed by atoms with Gasteiger partial charge in [-0.15, -0.1) is 0 Å². The highest BCUT2D eigenvalue weighted by Gasteiger charge is 2.42. The van der Waals surface area contributed by atoms with E-state index in [2.05, 4.69) is 17.0 Å². The number of rotatable bonds is 2. The zero-order valence-corrected chi connectivity index (χ0v) is 11.3. The molecule has 0 radical (unpaired) electrons. The van der Waals surface area contributed by atoms with Crippen LogP contribution < -0.4 is 5.73 Å². The Morgan fingerprint density at radius 2 is 1.74 bits per heavy atom. The van der Waals surface area contributed by atoms with Crippen LogP contribution in [0.3, 0.4) is 0 Å². The van der Waals surface area contributed by atoms with Gasteiger partial charge in [-0.05, 0) is 18.4 Å². The number of hydrogen-bond donors (Lipinski definition) is 1. The Hall–Kier alpha value is -1.35. The predicted molar refractivity (Wildman–Crippen MR) is 75.5 cm³/mol. The van der Waals surface area contributed by atoms with Gasteiger partial charge in [0.25, 0.3) is 0 Å². The Morgan fingerprint density at radius 3 is 2.42 bits per heavy atom. The molecule has 1 heterocycles. The van der Waals surface area contributed by atoms with Crippen LogP contribution in [0, 0.1) is 0 Å². The Bertz CT molecular complexity index is 439. The molecule has 2 atom stereocenters. The van der Waals surface area contributed by atoms with Gasteiger partial charge in [-0.3, -0.25) is 4.79 Å². The highest BCUT2D eigenvalue weighted by molar-refractivity contribution is 5.80. The number of benzene rings is 1. The summed E-state index contributed by atoms with van der Waals surface area (Å²) in [6, 6.07) is 10.7. The van der Waals surface area contributed by atoms with Crippen molar-refractivity contribution in [1.82, 2.24) is 4.90 Å². The van der Waals surface area contributed by atoms with Crippen molar-refractivity contribution >= 4 is 5.91 Å². The van der Waals surface area contributed by atoms with Crippen LogP contribution in [0.15, 0.2) is 30.3 Å². The normalized spacial score (nSPS) is 28.9. The number of amides is 1. The van der Waals surface area contributed by atoms with Gasteiger partial charge >= 0.3 is 0 Å². The van der Waals surface area contributed by atoms with Crippen LogP contribution in [0.1, 0.15) is 50.1 Å². The molecule has 0 aromatic heterocycles. The largest absolute Gasteiger partial charge is 0.331 e. The number of hydrogen-bond acceptors (Lipinski definition) is 2. The highest BCUT2D eigenvalue weighted by Crippen LogP contribution is 2.37. The van der Waals surface area contributed by atoms with Crippen LogP contribution in [-0.4, -0.2) is 22.9 Å². The fourth-order valence-corrected chi connectivity index (χ4v) is 3.63. The number of likely N-dealkylation sites (tertiary alicyclic amines) is 1. The standard InChI is InChI=1S/C16H22N2O/c17-14-11-15(19)18(13-9-5-2-6-10-13)16(14)12-7-3-1-4-8-12/h1,3-4,7-8,13-14,16H,2,5-6,9-11,17H2. The second-order valence-corrected chi connectivity index (χ2v) is 5.82. The summed E-state index contributed by atoms with van der Waals surface area (Å²) in [5, 5.41) is 0. The maximum Gasteiger partial charge on any atom is 0.225 e. The van der Waals surface area contributed by atoms with E-state index in [1.807, 2.05) is 18.2 Å². The van der Waals surface area contributed by atoms with Crippen LogP contribution >= 0.6 is 0 Å². The summed E-state index contributed by atoms with van der Waals surface area (Å²) in [6.07, 6.45) is 6.57. The van der Waals surface area contributed by atoms with Crippen LogP contribution in [0.4, 0.5) is 0 Å². The number of carbonyl (C=O) groups is 1. The van der Waals surface area contributed by atoms with Crippen molar-refractivity contribution in [2.45, 2.75) is 56.7 Å². The van der Waals surface area contributed by atoms with E-state index in [4.69, 9.17) is 5.73 Å². The first-order valence-electron chi connectivity index (χ1n) is 7.39. The lowest BCUT2D eigenvalue weighted by Gasteiger charge is -2.36. The van der Waals surface area contributed by atoms with E-state index in [0.29, 0.717) is 12.5 Å². The lowest BCUT2D eigenvalue weighted by Crippen LogP contribution is -2.41. The molecule has 2 aliphatic rings. The smallest absolute Gasteiger partial charge is 0.225 e. The quantitative estimate of drug-likeness (QED) is 0.886. The molecule has 1 saturated carbocycles. The average Bonchev–Trinajstić information content (AvgIpc) is 2.75. The first-order chi connectivity index (χ1) is 9.27. The molecule has 2 fully saturated rings. The van der Waals surface area contributed by atoms with Crippen molar-refractivity contribution in [3.05, 3.63) is 35.9 Å². The third-order valence-corrected chi connectivity index (χ3v) is 4.51. The zero-order valence-electron chi connectivity index (χ0n) is 11.3. The highest BCUT2D eigenvalue weighted by atomic mass is 16.2. The minimum atomic E-state index is -0.0585. The van der Waals surface area contributed by atoms with E-state index in [-0.39, 0.29) is 18.0 Å². The topological polar surface area (TPSA) is 46.3 Å². The van der Waals surface area contributed by atoms with Gasteiger partial charge in [0, 0.05) is 18.5 Å². The molecule has 1 saturated heterocycles. The molecule has 3 nitrogen and oxygen atoms in total. The molecule has 19 heavy (non-hydrogen) atoms. The van der Waals surface area contributed by atoms with Crippen molar-refractivity contribution in [3.8, 4) is 0 Å². The van der Waals surface area contributed by atoms with Gasteiger partial charge in [0.05, 0.1) is 6.04 Å². The molecule has 0 spiro atoms. The van der Waals surface area contributed by atoms with Gasteiger partial charge in [0.15, 0.2) is 0 Å². The molecule has 1 aromatic rings. The summed E-state index contributed by atoms with van der Waals surface area (Å²) in [5.41, 5.74) is 7.42. The number of nitrogens with zero attached hydrogens (tertiary/aromatic N) is 1. The third-order valence-electron chi connectivity index (χ3n) is 4.51. The molecular formula is C16H22N2O. The second-order valence-electron chi connectivity index (χ2n) is 5.82. The fraction of sp³-hybridized carbons (Fsp3) is 0.562. The zero-order chi connectivity index (χ0) is 13.2. The average molecular weight is 258 g/mol. The maximum atomic E-state index is 12.3. The van der Waals surface area contributed by atoms with E-state index in [1.165, 1.54) is 24.8 Å². The predicted octanol–water partition coefficient (Wildman–Crippen LogP) is 2.62. The Kier molecular flexibility index (Phi) is 3.56. The fourth-order valence-electron chi connectivity index (χ4n) is 3.63. The summed E-state index contributed by atoms with van der Waals surface area (Å²) >= 11 is 0. The van der Waals surface area contributed by atoms with Gasteiger partial charge in [0.2, 0.25) is 5.91 Å². The molecule has 0 bridgehead atoms. The monoisotopic (exact) mass is 258 g/mol. The van der Waals surface area contributed by atoms with Gasteiger partial charge < -0.3 is 10.6 Å². The minimum absolute atomic E-state index is 0.0585. The Morgan fingerprint density at radius 1 is 1.05 bits per heavy atom. The number of carbonyl (C=O) groups excluding carboxylic acids is 1. The third kappa shape index (κ3) is 2.39. The number of nitrogens with two attached hydrogens (primary N) is 1. The van der Waals surface area contributed by atoms with Gasteiger partial charge in [-0.25, -0.2) is 0 Å². The molecule has 3 rings (SSSR count). The lowest BCUT2D eigenvalue weighted by molar-refractivity contribution is -0.132. The van der Waals surface area contributed by atoms with Gasteiger partial charge in [0.1, 0.15) is 0 Å². The molecular weight excluding hydrogens is 236 g/mol. The van der Waals surface area contributed by atoms with Crippen molar-refractivity contribution < 1.29 is 4.79 Å². The molecule has 2 N–H and O–H groups in total. The van der Waals surface area contributed by atoms with Crippen LogP contribution in [0.25, 0.3) is 0 Å². The second kappa shape index (κ2) is 5.33.